The van der Waals surface area contributed by atoms with Gasteiger partial charge in [0.1, 0.15) is 5.82 Å². The topological polar surface area (TPSA) is 17.8 Å². The van der Waals surface area contributed by atoms with Gasteiger partial charge in [0, 0.05) is 18.8 Å². The smallest absolute Gasteiger partial charge is 0.126 e. The van der Waals surface area contributed by atoms with Crippen molar-refractivity contribution in [2.24, 2.45) is 7.05 Å². The first-order valence-corrected chi connectivity index (χ1v) is 5.37. The minimum Gasteiger partial charge on any atom is -0.275 e. The van der Waals surface area contributed by atoms with Crippen LogP contribution in [0.25, 0.3) is 11.3 Å². The van der Waals surface area contributed by atoms with Crippen molar-refractivity contribution in [3.05, 3.63) is 41.8 Å². The predicted molar refractivity (Wildman–Crippen MR) is 62.7 cm³/mol. The van der Waals surface area contributed by atoms with Crippen LogP contribution in [0.15, 0.2) is 30.5 Å². The number of aromatic nitrogens is 2. The standard InChI is InChI=1S/C13H15FN2/c1-9(2)11-8-10(4-5-12(11)14)13-6-7-16(3)15-13/h4-9H,1-3H3. The Balaban J connectivity index is 2.47. The molecule has 1 heterocycles. The molecule has 0 radical (unpaired) electrons. The van der Waals surface area contributed by atoms with Crippen molar-refractivity contribution in [3.63, 3.8) is 0 Å². The lowest BCUT2D eigenvalue weighted by Gasteiger charge is -2.08. The molecule has 1 aromatic heterocycles. The summed E-state index contributed by atoms with van der Waals surface area (Å²) in [4.78, 5) is 0. The van der Waals surface area contributed by atoms with Gasteiger partial charge in [0.2, 0.25) is 0 Å². The Labute approximate surface area is 94.7 Å². The zero-order chi connectivity index (χ0) is 11.7. The number of rotatable bonds is 2. The third-order valence-electron chi connectivity index (χ3n) is 2.63. The fraction of sp³-hybridized carbons (Fsp3) is 0.308. The average molecular weight is 218 g/mol. The summed E-state index contributed by atoms with van der Waals surface area (Å²) in [7, 11) is 1.87. The van der Waals surface area contributed by atoms with Crippen molar-refractivity contribution < 1.29 is 4.39 Å². The van der Waals surface area contributed by atoms with Gasteiger partial charge in [-0.25, -0.2) is 4.39 Å². The Hall–Kier alpha value is -1.64. The van der Waals surface area contributed by atoms with E-state index in [1.54, 1.807) is 10.7 Å². The second-order valence-corrected chi connectivity index (χ2v) is 4.27. The molecule has 0 amide bonds. The van der Waals surface area contributed by atoms with Gasteiger partial charge in [-0.05, 0) is 35.7 Å². The summed E-state index contributed by atoms with van der Waals surface area (Å²) in [5.41, 5.74) is 2.58. The van der Waals surface area contributed by atoms with E-state index in [1.807, 2.05) is 39.2 Å². The first-order chi connectivity index (χ1) is 7.58. The zero-order valence-electron chi connectivity index (χ0n) is 9.74. The summed E-state index contributed by atoms with van der Waals surface area (Å²) >= 11 is 0. The van der Waals surface area contributed by atoms with Gasteiger partial charge in [-0.1, -0.05) is 13.8 Å². The maximum atomic E-state index is 13.5. The number of aryl methyl sites for hydroxylation is 1. The van der Waals surface area contributed by atoms with Gasteiger partial charge in [0.05, 0.1) is 5.69 Å². The first kappa shape index (κ1) is 10.9. The van der Waals surface area contributed by atoms with Gasteiger partial charge in [-0.15, -0.1) is 0 Å². The Kier molecular flexibility index (Phi) is 2.77. The minimum atomic E-state index is -0.144. The van der Waals surface area contributed by atoms with Crippen molar-refractivity contribution in [1.82, 2.24) is 9.78 Å². The lowest BCUT2D eigenvalue weighted by Crippen LogP contribution is -1.94. The molecular weight excluding hydrogens is 203 g/mol. The lowest BCUT2D eigenvalue weighted by atomic mass is 9.99. The number of hydrogen-bond donors (Lipinski definition) is 0. The quantitative estimate of drug-likeness (QED) is 0.755. The third-order valence-corrected chi connectivity index (χ3v) is 2.63. The summed E-state index contributed by atoms with van der Waals surface area (Å²) in [5, 5.41) is 4.31. The van der Waals surface area contributed by atoms with Crippen LogP contribution in [-0.2, 0) is 7.05 Å². The second kappa shape index (κ2) is 4.08. The molecule has 0 fully saturated rings. The van der Waals surface area contributed by atoms with Crippen LogP contribution in [0.3, 0.4) is 0 Å². The van der Waals surface area contributed by atoms with Gasteiger partial charge >= 0.3 is 0 Å². The molecule has 0 aliphatic rings. The molecule has 3 heteroatoms. The molecule has 0 aliphatic carbocycles. The largest absolute Gasteiger partial charge is 0.275 e. The second-order valence-electron chi connectivity index (χ2n) is 4.27. The van der Waals surface area contributed by atoms with Gasteiger partial charge in [0.25, 0.3) is 0 Å². The summed E-state index contributed by atoms with van der Waals surface area (Å²) in [5.74, 6) is 0.0401. The van der Waals surface area contributed by atoms with E-state index in [1.165, 1.54) is 6.07 Å². The van der Waals surface area contributed by atoms with E-state index in [0.29, 0.717) is 0 Å². The summed E-state index contributed by atoms with van der Waals surface area (Å²) in [6.07, 6.45) is 1.88. The van der Waals surface area contributed by atoms with Gasteiger partial charge in [-0.3, -0.25) is 4.68 Å². The molecule has 2 aromatic rings. The van der Waals surface area contributed by atoms with Crippen LogP contribution < -0.4 is 0 Å². The Morgan fingerprint density at radius 1 is 1.25 bits per heavy atom. The highest BCUT2D eigenvalue weighted by Gasteiger charge is 2.09. The van der Waals surface area contributed by atoms with Crippen LogP contribution in [0.2, 0.25) is 0 Å². The average Bonchev–Trinajstić information content (AvgIpc) is 2.65. The molecule has 0 atom stereocenters. The van der Waals surface area contributed by atoms with Crippen molar-refractivity contribution in [3.8, 4) is 11.3 Å². The minimum absolute atomic E-state index is 0.144. The van der Waals surface area contributed by atoms with Gasteiger partial charge in [0.15, 0.2) is 0 Å². The first-order valence-electron chi connectivity index (χ1n) is 5.37. The molecule has 0 aliphatic heterocycles. The van der Waals surface area contributed by atoms with Crippen LogP contribution in [0, 0.1) is 5.82 Å². The van der Waals surface area contributed by atoms with Crippen molar-refractivity contribution in [2.75, 3.05) is 0 Å². The zero-order valence-corrected chi connectivity index (χ0v) is 9.74. The van der Waals surface area contributed by atoms with Crippen molar-refractivity contribution in [1.29, 1.82) is 0 Å². The van der Waals surface area contributed by atoms with E-state index in [4.69, 9.17) is 0 Å². The molecule has 0 N–H and O–H groups in total. The predicted octanol–water partition coefficient (Wildman–Crippen LogP) is 3.35. The maximum absolute atomic E-state index is 13.5. The maximum Gasteiger partial charge on any atom is 0.126 e. The van der Waals surface area contributed by atoms with E-state index in [2.05, 4.69) is 5.10 Å². The molecule has 2 nitrogen and oxygen atoms in total. The normalized spacial score (nSPS) is 11.1. The number of benzene rings is 1. The summed E-state index contributed by atoms with van der Waals surface area (Å²) in [6.45, 7) is 3.97. The Bertz CT molecular complexity index is 500. The Morgan fingerprint density at radius 2 is 2.00 bits per heavy atom. The molecule has 0 bridgehead atoms. The number of hydrogen-bond acceptors (Lipinski definition) is 1. The van der Waals surface area contributed by atoms with Crippen LogP contribution in [0.5, 0.6) is 0 Å². The lowest BCUT2D eigenvalue weighted by molar-refractivity contribution is 0.598. The Morgan fingerprint density at radius 3 is 2.56 bits per heavy atom. The fourth-order valence-electron chi connectivity index (χ4n) is 1.71. The highest BCUT2D eigenvalue weighted by molar-refractivity contribution is 5.59. The highest BCUT2D eigenvalue weighted by atomic mass is 19.1. The molecule has 0 saturated carbocycles. The molecule has 16 heavy (non-hydrogen) atoms. The van der Waals surface area contributed by atoms with E-state index in [0.717, 1.165) is 16.8 Å². The number of halogens is 1. The van der Waals surface area contributed by atoms with E-state index in [9.17, 15) is 4.39 Å². The van der Waals surface area contributed by atoms with Crippen LogP contribution in [-0.4, -0.2) is 9.78 Å². The van der Waals surface area contributed by atoms with Crippen LogP contribution >= 0.6 is 0 Å². The third kappa shape index (κ3) is 1.98. The SMILES string of the molecule is CC(C)c1cc(-c2ccn(C)n2)ccc1F. The number of nitrogens with zero attached hydrogens (tertiary/aromatic N) is 2. The monoisotopic (exact) mass is 218 g/mol. The molecule has 84 valence electrons. The molecule has 0 unspecified atom stereocenters. The summed E-state index contributed by atoms with van der Waals surface area (Å²) in [6, 6.07) is 7.09. The molecule has 1 aromatic carbocycles. The summed E-state index contributed by atoms with van der Waals surface area (Å²) < 4.78 is 15.3. The molecule has 0 saturated heterocycles. The highest BCUT2D eigenvalue weighted by Crippen LogP contribution is 2.25. The molecular formula is C13H15FN2. The van der Waals surface area contributed by atoms with Crippen LogP contribution in [0.1, 0.15) is 25.3 Å². The van der Waals surface area contributed by atoms with Gasteiger partial charge < -0.3 is 0 Å². The molecule has 2 rings (SSSR count). The van der Waals surface area contributed by atoms with Crippen molar-refractivity contribution >= 4 is 0 Å². The van der Waals surface area contributed by atoms with Crippen molar-refractivity contribution in [2.45, 2.75) is 19.8 Å². The van der Waals surface area contributed by atoms with E-state index >= 15 is 0 Å². The van der Waals surface area contributed by atoms with E-state index in [-0.39, 0.29) is 11.7 Å². The molecule has 0 spiro atoms. The fourth-order valence-corrected chi connectivity index (χ4v) is 1.71. The van der Waals surface area contributed by atoms with Crippen LogP contribution in [0.4, 0.5) is 4.39 Å². The van der Waals surface area contributed by atoms with E-state index < -0.39 is 0 Å². The van der Waals surface area contributed by atoms with Gasteiger partial charge in [-0.2, -0.15) is 5.10 Å².